The zero-order valence-electron chi connectivity index (χ0n) is 10.8. The quantitative estimate of drug-likeness (QED) is 0.592. The lowest BCUT2D eigenvalue weighted by molar-refractivity contribution is 0.540. The molecule has 0 aliphatic rings. The SMILES string of the molecule is Cc1cccc(CC(Cl)c2cc3ccccc3o2)c1. The van der Waals surface area contributed by atoms with Gasteiger partial charge >= 0.3 is 0 Å². The predicted molar refractivity (Wildman–Crippen MR) is 79.7 cm³/mol. The number of hydrogen-bond donors (Lipinski definition) is 0. The van der Waals surface area contributed by atoms with E-state index in [4.69, 9.17) is 16.0 Å². The lowest BCUT2D eigenvalue weighted by Crippen LogP contribution is -1.94. The minimum Gasteiger partial charge on any atom is -0.459 e. The molecule has 19 heavy (non-hydrogen) atoms. The van der Waals surface area contributed by atoms with E-state index in [-0.39, 0.29) is 5.38 Å². The van der Waals surface area contributed by atoms with Crippen LogP contribution in [0.25, 0.3) is 11.0 Å². The van der Waals surface area contributed by atoms with E-state index in [1.807, 2.05) is 30.3 Å². The third-order valence-electron chi connectivity index (χ3n) is 3.25. The van der Waals surface area contributed by atoms with Crippen molar-refractivity contribution >= 4 is 22.6 Å². The molecule has 0 spiro atoms. The number of furan rings is 1. The van der Waals surface area contributed by atoms with Crippen LogP contribution >= 0.6 is 11.6 Å². The summed E-state index contributed by atoms with van der Waals surface area (Å²) >= 11 is 6.47. The second-order valence-corrected chi connectivity index (χ2v) is 5.37. The summed E-state index contributed by atoms with van der Waals surface area (Å²) < 4.78 is 5.80. The van der Waals surface area contributed by atoms with Crippen LogP contribution in [0.5, 0.6) is 0 Å². The molecule has 2 aromatic carbocycles. The monoisotopic (exact) mass is 270 g/mol. The molecule has 1 unspecified atom stereocenters. The summed E-state index contributed by atoms with van der Waals surface area (Å²) in [5.74, 6) is 0.837. The van der Waals surface area contributed by atoms with E-state index in [1.54, 1.807) is 0 Å². The summed E-state index contributed by atoms with van der Waals surface area (Å²) in [5.41, 5.74) is 3.39. The second-order valence-electron chi connectivity index (χ2n) is 4.85. The molecule has 3 aromatic rings. The Morgan fingerprint density at radius 3 is 2.68 bits per heavy atom. The number of fused-ring (bicyclic) bond motifs is 1. The Morgan fingerprint density at radius 1 is 1.05 bits per heavy atom. The maximum Gasteiger partial charge on any atom is 0.134 e. The summed E-state index contributed by atoms with van der Waals surface area (Å²) in [6, 6.07) is 18.4. The van der Waals surface area contributed by atoms with Crippen LogP contribution in [0.1, 0.15) is 22.3 Å². The van der Waals surface area contributed by atoms with E-state index >= 15 is 0 Å². The molecule has 2 heteroatoms. The molecule has 1 nitrogen and oxygen atoms in total. The van der Waals surface area contributed by atoms with E-state index in [0.717, 1.165) is 23.2 Å². The molecule has 0 bridgehead atoms. The first kappa shape index (κ1) is 12.3. The molecule has 96 valence electrons. The van der Waals surface area contributed by atoms with Crippen molar-refractivity contribution in [1.29, 1.82) is 0 Å². The van der Waals surface area contributed by atoms with Crippen molar-refractivity contribution in [3.63, 3.8) is 0 Å². The Bertz CT molecular complexity index is 666. The van der Waals surface area contributed by atoms with Crippen LogP contribution < -0.4 is 0 Å². The van der Waals surface area contributed by atoms with Gasteiger partial charge in [-0.3, -0.25) is 0 Å². The van der Waals surface area contributed by atoms with Gasteiger partial charge < -0.3 is 4.42 Å². The van der Waals surface area contributed by atoms with Gasteiger partial charge in [0, 0.05) is 5.39 Å². The normalized spacial score (nSPS) is 12.7. The first-order chi connectivity index (χ1) is 9.22. The van der Waals surface area contributed by atoms with Crippen molar-refractivity contribution in [2.45, 2.75) is 18.7 Å². The highest BCUT2D eigenvalue weighted by atomic mass is 35.5. The van der Waals surface area contributed by atoms with Gasteiger partial charge in [0.25, 0.3) is 0 Å². The van der Waals surface area contributed by atoms with Crippen LogP contribution in [-0.4, -0.2) is 0 Å². The number of alkyl halides is 1. The first-order valence-corrected chi connectivity index (χ1v) is 6.84. The van der Waals surface area contributed by atoms with Crippen LogP contribution in [0.2, 0.25) is 0 Å². The van der Waals surface area contributed by atoms with Gasteiger partial charge in [-0.1, -0.05) is 48.0 Å². The van der Waals surface area contributed by atoms with Crippen LogP contribution in [-0.2, 0) is 6.42 Å². The maximum atomic E-state index is 6.47. The standard InChI is InChI=1S/C17H15ClO/c1-12-5-4-6-13(9-12)10-15(18)17-11-14-7-2-3-8-16(14)19-17/h2-9,11,15H,10H2,1H3. The highest BCUT2D eigenvalue weighted by molar-refractivity contribution is 6.20. The van der Waals surface area contributed by atoms with E-state index in [2.05, 4.69) is 31.2 Å². The molecule has 0 aliphatic heterocycles. The lowest BCUT2D eigenvalue weighted by Gasteiger charge is -2.07. The molecule has 0 aliphatic carbocycles. The molecule has 0 radical (unpaired) electrons. The molecule has 0 amide bonds. The molecule has 1 aromatic heterocycles. The van der Waals surface area contributed by atoms with Crippen LogP contribution in [0.15, 0.2) is 59.0 Å². The Labute approximate surface area is 117 Å². The molecule has 0 saturated heterocycles. The molecular formula is C17H15ClO. The summed E-state index contributed by atoms with van der Waals surface area (Å²) in [6.45, 7) is 2.09. The van der Waals surface area contributed by atoms with Crippen molar-refractivity contribution in [1.82, 2.24) is 0 Å². The number of halogens is 1. The van der Waals surface area contributed by atoms with Gasteiger partial charge in [0.05, 0.1) is 5.38 Å². The molecule has 0 N–H and O–H groups in total. The smallest absolute Gasteiger partial charge is 0.134 e. The fourth-order valence-electron chi connectivity index (χ4n) is 2.30. The van der Waals surface area contributed by atoms with Crippen LogP contribution in [0, 0.1) is 6.92 Å². The lowest BCUT2D eigenvalue weighted by atomic mass is 10.1. The molecule has 1 atom stereocenters. The van der Waals surface area contributed by atoms with Gasteiger partial charge in [0.2, 0.25) is 0 Å². The average molecular weight is 271 g/mol. The number of para-hydroxylation sites is 1. The highest BCUT2D eigenvalue weighted by Crippen LogP contribution is 2.30. The maximum absolute atomic E-state index is 6.47. The van der Waals surface area contributed by atoms with Gasteiger partial charge in [-0.25, -0.2) is 0 Å². The van der Waals surface area contributed by atoms with E-state index in [9.17, 15) is 0 Å². The summed E-state index contributed by atoms with van der Waals surface area (Å²) in [7, 11) is 0. The van der Waals surface area contributed by atoms with Crippen molar-refractivity contribution in [3.05, 3.63) is 71.5 Å². The second kappa shape index (κ2) is 5.10. The van der Waals surface area contributed by atoms with Crippen LogP contribution in [0.3, 0.4) is 0 Å². The Balaban J connectivity index is 1.85. The van der Waals surface area contributed by atoms with Crippen molar-refractivity contribution in [2.24, 2.45) is 0 Å². The number of aryl methyl sites for hydroxylation is 1. The van der Waals surface area contributed by atoms with Crippen molar-refractivity contribution < 1.29 is 4.42 Å². The largest absolute Gasteiger partial charge is 0.459 e. The number of hydrogen-bond acceptors (Lipinski definition) is 1. The van der Waals surface area contributed by atoms with Gasteiger partial charge in [-0.15, -0.1) is 11.6 Å². The Hall–Kier alpha value is -1.73. The third-order valence-corrected chi connectivity index (χ3v) is 3.62. The Kier molecular flexibility index (Phi) is 3.31. The zero-order valence-corrected chi connectivity index (χ0v) is 11.5. The molecule has 0 saturated carbocycles. The highest BCUT2D eigenvalue weighted by Gasteiger charge is 2.14. The summed E-state index contributed by atoms with van der Waals surface area (Å²) in [6.07, 6.45) is 0.781. The predicted octanol–water partition coefficient (Wildman–Crippen LogP) is 5.26. The molecule has 0 fully saturated rings. The molecule has 1 heterocycles. The van der Waals surface area contributed by atoms with Crippen molar-refractivity contribution in [2.75, 3.05) is 0 Å². The number of benzene rings is 2. The summed E-state index contributed by atoms with van der Waals surface area (Å²) in [4.78, 5) is 0. The minimum absolute atomic E-state index is 0.130. The van der Waals surface area contributed by atoms with Gasteiger partial charge in [0.1, 0.15) is 11.3 Å². The van der Waals surface area contributed by atoms with Gasteiger partial charge in [0.15, 0.2) is 0 Å². The molecule has 3 rings (SSSR count). The van der Waals surface area contributed by atoms with E-state index in [1.165, 1.54) is 11.1 Å². The van der Waals surface area contributed by atoms with Gasteiger partial charge in [-0.2, -0.15) is 0 Å². The fourth-order valence-corrected chi connectivity index (χ4v) is 2.59. The first-order valence-electron chi connectivity index (χ1n) is 6.40. The summed E-state index contributed by atoms with van der Waals surface area (Å²) in [5, 5.41) is 0.974. The topological polar surface area (TPSA) is 13.1 Å². The minimum atomic E-state index is -0.130. The third kappa shape index (κ3) is 2.66. The van der Waals surface area contributed by atoms with Crippen LogP contribution in [0.4, 0.5) is 0 Å². The average Bonchev–Trinajstić information content (AvgIpc) is 2.82. The van der Waals surface area contributed by atoms with Gasteiger partial charge in [-0.05, 0) is 31.0 Å². The fraction of sp³-hybridized carbons (Fsp3) is 0.176. The van der Waals surface area contributed by atoms with Crippen molar-refractivity contribution in [3.8, 4) is 0 Å². The zero-order chi connectivity index (χ0) is 13.2. The van der Waals surface area contributed by atoms with E-state index < -0.39 is 0 Å². The number of rotatable bonds is 3. The Morgan fingerprint density at radius 2 is 1.89 bits per heavy atom. The van der Waals surface area contributed by atoms with E-state index in [0.29, 0.717) is 0 Å². The molecular weight excluding hydrogens is 256 g/mol.